The van der Waals surface area contributed by atoms with Crippen LogP contribution in [0.3, 0.4) is 0 Å². The highest BCUT2D eigenvalue weighted by Crippen LogP contribution is 2.13. The number of aryl methyl sites for hydroxylation is 2. The lowest BCUT2D eigenvalue weighted by molar-refractivity contribution is 0.572. The van der Waals surface area contributed by atoms with Crippen LogP contribution < -0.4 is 11.3 Å². The summed E-state index contributed by atoms with van der Waals surface area (Å²) in [7, 11) is 0. The van der Waals surface area contributed by atoms with Gasteiger partial charge < -0.3 is 14.9 Å². The second kappa shape index (κ2) is 4.52. The fourth-order valence-electron chi connectivity index (χ4n) is 1.92. The number of rotatable bonds is 3. The van der Waals surface area contributed by atoms with Gasteiger partial charge in [0.15, 0.2) is 11.5 Å². The van der Waals surface area contributed by atoms with E-state index in [2.05, 4.69) is 15.0 Å². The first-order valence-electron chi connectivity index (χ1n) is 5.82. The van der Waals surface area contributed by atoms with Crippen LogP contribution in [-0.4, -0.2) is 24.1 Å². The molecule has 0 aliphatic heterocycles. The Morgan fingerprint density at radius 3 is 2.79 bits per heavy atom. The molecule has 3 aromatic heterocycles. The van der Waals surface area contributed by atoms with Gasteiger partial charge in [-0.1, -0.05) is 6.07 Å². The molecule has 96 valence electrons. The predicted octanol–water partition coefficient (Wildman–Crippen LogP) is 0.270. The van der Waals surface area contributed by atoms with E-state index in [1.165, 1.54) is 12.4 Å². The Morgan fingerprint density at radius 1 is 1.11 bits per heavy atom. The van der Waals surface area contributed by atoms with Crippen molar-refractivity contribution >= 4 is 17.0 Å². The van der Waals surface area contributed by atoms with E-state index in [1.54, 1.807) is 23.2 Å². The average Bonchev–Trinajstić information content (AvgIpc) is 2.83. The van der Waals surface area contributed by atoms with Crippen molar-refractivity contribution in [3.63, 3.8) is 0 Å². The van der Waals surface area contributed by atoms with E-state index in [1.807, 2.05) is 10.6 Å². The molecule has 7 heteroatoms. The molecule has 0 bridgehead atoms. The third kappa shape index (κ3) is 2.05. The van der Waals surface area contributed by atoms with Crippen molar-refractivity contribution in [2.24, 2.45) is 0 Å². The van der Waals surface area contributed by atoms with Gasteiger partial charge in [0, 0.05) is 25.4 Å². The van der Waals surface area contributed by atoms with Gasteiger partial charge in [-0.15, -0.1) is 0 Å². The molecule has 0 aromatic carbocycles. The molecular formula is C12H12N6O. The second-order valence-corrected chi connectivity index (χ2v) is 4.10. The standard InChI is InChI=1S/C12H12N6O/c13-11-10-12(15-7-14-11)18(8-16-10)6-5-17-4-2-1-3-9(17)19/h1-4,7-8H,5-6H2,(H2,13,14,15). The fraction of sp³-hybridized carbons (Fsp3) is 0.167. The molecule has 0 aliphatic rings. The van der Waals surface area contributed by atoms with Crippen molar-refractivity contribution in [2.75, 3.05) is 5.73 Å². The lowest BCUT2D eigenvalue weighted by atomic mass is 10.4. The maximum atomic E-state index is 11.6. The van der Waals surface area contributed by atoms with E-state index in [0.29, 0.717) is 30.1 Å². The number of pyridine rings is 1. The highest BCUT2D eigenvalue weighted by atomic mass is 16.1. The zero-order valence-corrected chi connectivity index (χ0v) is 10.1. The lowest BCUT2D eigenvalue weighted by Gasteiger charge is -2.06. The molecule has 3 aromatic rings. The van der Waals surface area contributed by atoms with Crippen LogP contribution in [0.5, 0.6) is 0 Å². The maximum absolute atomic E-state index is 11.6. The smallest absolute Gasteiger partial charge is 0.250 e. The summed E-state index contributed by atoms with van der Waals surface area (Å²) in [5, 5.41) is 0. The lowest BCUT2D eigenvalue weighted by Crippen LogP contribution is -2.20. The van der Waals surface area contributed by atoms with Crippen LogP contribution in [0.2, 0.25) is 0 Å². The summed E-state index contributed by atoms with van der Waals surface area (Å²) in [6.45, 7) is 1.14. The van der Waals surface area contributed by atoms with Gasteiger partial charge in [0.25, 0.3) is 5.56 Å². The molecule has 0 spiro atoms. The van der Waals surface area contributed by atoms with Crippen LogP contribution in [0.1, 0.15) is 0 Å². The third-order valence-electron chi connectivity index (χ3n) is 2.91. The van der Waals surface area contributed by atoms with Crippen molar-refractivity contribution in [1.82, 2.24) is 24.1 Å². The van der Waals surface area contributed by atoms with Gasteiger partial charge in [-0.05, 0) is 6.07 Å². The van der Waals surface area contributed by atoms with Gasteiger partial charge in [0.1, 0.15) is 11.8 Å². The maximum Gasteiger partial charge on any atom is 0.250 e. The van der Waals surface area contributed by atoms with E-state index < -0.39 is 0 Å². The average molecular weight is 256 g/mol. The second-order valence-electron chi connectivity index (χ2n) is 4.10. The zero-order valence-electron chi connectivity index (χ0n) is 10.1. The Labute approximate surface area is 108 Å². The van der Waals surface area contributed by atoms with E-state index in [4.69, 9.17) is 5.73 Å². The summed E-state index contributed by atoms with van der Waals surface area (Å²) in [6.07, 6.45) is 4.82. The van der Waals surface area contributed by atoms with Crippen molar-refractivity contribution in [3.8, 4) is 0 Å². The fourth-order valence-corrected chi connectivity index (χ4v) is 1.92. The minimum absolute atomic E-state index is 0.0268. The molecular weight excluding hydrogens is 244 g/mol. The highest BCUT2D eigenvalue weighted by Gasteiger charge is 2.07. The molecule has 0 atom stereocenters. The van der Waals surface area contributed by atoms with Crippen LogP contribution in [-0.2, 0) is 13.1 Å². The molecule has 2 N–H and O–H groups in total. The van der Waals surface area contributed by atoms with Gasteiger partial charge in [-0.2, -0.15) is 0 Å². The number of imidazole rings is 1. The van der Waals surface area contributed by atoms with Crippen LogP contribution in [0.4, 0.5) is 5.82 Å². The number of nitrogens with zero attached hydrogens (tertiary/aromatic N) is 5. The summed E-state index contributed by atoms with van der Waals surface area (Å²) >= 11 is 0. The summed E-state index contributed by atoms with van der Waals surface area (Å²) in [6, 6.07) is 5.08. The van der Waals surface area contributed by atoms with Gasteiger partial charge in [0.05, 0.1) is 6.33 Å². The van der Waals surface area contributed by atoms with Gasteiger partial charge in [-0.25, -0.2) is 15.0 Å². The Balaban J connectivity index is 1.89. The Bertz CT molecular complexity index is 775. The summed E-state index contributed by atoms with van der Waals surface area (Å²) in [4.78, 5) is 23.8. The largest absolute Gasteiger partial charge is 0.382 e. The number of aromatic nitrogens is 5. The summed E-state index contributed by atoms with van der Waals surface area (Å²) < 4.78 is 3.49. The molecule has 0 saturated heterocycles. The van der Waals surface area contributed by atoms with Crippen LogP contribution in [0.25, 0.3) is 11.2 Å². The first-order valence-corrected chi connectivity index (χ1v) is 5.82. The van der Waals surface area contributed by atoms with E-state index in [9.17, 15) is 4.79 Å². The van der Waals surface area contributed by atoms with Crippen molar-refractivity contribution in [1.29, 1.82) is 0 Å². The first kappa shape index (κ1) is 11.4. The molecule has 7 nitrogen and oxygen atoms in total. The topological polar surface area (TPSA) is 91.6 Å². The minimum atomic E-state index is -0.0268. The molecule has 0 aliphatic carbocycles. The number of nitrogens with two attached hydrogens (primary N) is 1. The van der Waals surface area contributed by atoms with E-state index >= 15 is 0 Å². The van der Waals surface area contributed by atoms with Crippen LogP contribution in [0, 0.1) is 0 Å². The molecule has 0 fully saturated rings. The SMILES string of the molecule is Nc1ncnc2c1ncn2CCn1ccccc1=O. The quantitative estimate of drug-likeness (QED) is 0.726. The molecule has 3 heterocycles. The van der Waals surface area contributed by atoms with Crippen LogP contribution in [0.15, 0.2) is 41.8 Å². The van der Waals surface area contributed by atoms with Crippen LogP contribution >= 0.6 is 0 Å². The highest BCUT2D eigenvalue weighted by molar-refractivity contribution is 5.80. The van der Waals surface area contributed by atoms with E-state index in [-0.39, 0.29) is 5.56 Å². The normalized spacial score (nSPS) is 10.9. The van der Waals surface area contributed by atoms with Gasteiger partial charge in [-0.3, -0.25) is 4.79 Å². The molecule has 0 radical (unpaired) electrons. The molecule has 0 amide bonds. The third-order valence-corrected chi connectivity index (χ3v) is 2.91. The predicted molar refractivity (Wildman–Crippen MR) is 70.4 cm³/mol. The Morgan fingerprint density at radius 2 is 1.95 bits per heavy atom. The van der Waals surface area contributed by atoms with Gasteiger partial charge in [0.2, 0.25) is 0 Å². The number of fused-ring (bicyclic) bond motifs is 1. The monoisotopic (exact) mass is 256 g/mol. The van der Waals surface area contributed by atoms with Crippen molar-refractivity contribution < 1.29 is 0 Å². The number of anilines is 1. The Hall–Kier alpha value is -2.70. The van der Waals surface area contributed by atoms with Crippen molar-refractivity contribution in [2.45, 2.75) is 13.1 Å². The first-order chi connectivity index (χ1) is 9.25. The van der Waals surface area contributed by atoms with Gasteiger partial charge >= 0.3 is 0 Å². The summed E-state index contributed by atoms with van der Waals surface area (Å²) in [5.74, 6) is 0.362. The molecule has 19 heavy (non-hydrogen) atoms. The zero-order chi connectivity index (χ0) is 13.2. The summed E-state index contributed by atoms with van der Waals surface area (Å²) in [5.41, 5.74) is 6.96. The Kier molecular flexibility index (Phi) is 2.71. The minimum Gasteiger partial charge on any atom is -0.382 e. The van der Waals surface area contributed by atoms with E-state index in [0.717, 1.165) is 0 Å². The number of hydrogen-bond acceptors (Lipinski definition) is 5. The van der Waals surface area contributed by atoms with Crippen molar-refractivity contribution in [3.05, 3.63) is 47.4 Å². The molecule has 0 unspecified atom stereocenters. The number of nitrogen functional groups attached to an aromatic ring is 1. The molecule has 0 saturated carbocycles. The molecule has 3 rings (SSSR count). The number of hydrogen-bond donors (Lipinski definition) is 1.